The van der Waals surface area contributed by atoms with Crippen molar-refractivity contribution in [3.05, 3.63) is 89.9 Å². The Labute approximate surface area is 228 Å². The highest BCUT2D eigenvalue weighted by Crippen LogP contribution is 2.31. The molecule has 0 fully saturated rings. The summed E-state index contributed by atoms with van der Waals surface area (Å²) >= 11 is 0. The third kappa shape index (κ3) is 9.72. The predicted molar refractivity (Wildman–Crippen MR) is 139 cm³/mol. The van der Waals surface area contributed by atoms with E-state index in [4.69, 9.17) is 26.1 Å². The first-order valence-corrected chi connectivity index (χ1v) is 11.3. The number of aliphatic carboxylic acids is 1. The third-order valence-corrected chi connectivity index (χ3v) is 4.77. The fourth-order valence-electron chi connectivity index (χ4n) is 2.94. The van der Waals surface area contributed by atoms with Crippen molar-refractivity contribution in [2.45, 2.75) is 12.4 Å². The quantitative estimate of drug-likeness (QED) is 0.151. The first kappa shape index (κ1) is 30.2. The van der Waals surface area contributed by atoms with E-state index in [1.54, 1.807) is 48.5 Å². The molecule has 0 atom stereocenters. The number of nitrogens with two attached hydrogens (primary N) is 2. The zero-order valence-electron chi connectivity index (χ0n) is 20.6. The summed E-state index contributed by atoms with van der Waals surface area (Å²) in [6, 6.07) is 17.9. The molecule has 2 aromatic heterocycles. The Bertz CT molecular complexity index is 1510. The number of nitrogen functional groups attached to an aromatic ring is 2. The van der Waals surface area contributed by atoms with Gasteiger partial charge in [-0.1, -0.05) is 18.2 Å². The molecule has 0 amide bonds. The molecular formula is C26H20F6N6O3. The number of carboxylic acid groups (broad SMARTS) is 1. The van der Waals surface area contributed by atoms with Crippen molar-refractivity contribution >= 4 is 41.3 Å². The number of hydrogen-bond donors (Lipinski definition) is 4. The highest BCUT2D eigenvalue weighted by molar-refractivity contribution is 5.73. The summed E-state index contributed by atoms with van der Waals surface area (Å²) in [4.78, 5) is 20.6. The summed E-state index contributed by atoms with van der Waals surface area (Å²) in [6.07, 6.45) is -4.90. The second-order valence-electron chi connectivity index (χ2n) is 7.97. The largest absolute Gasteiger partial charge is 0.490 e. The number of pyridine rings is 1. The van der Waals surface area contributed by atoms with Gasteiger partial charge in [-0.05, 0) is 54.1 Å². The van der Waals surface area contributed by atoms with Gasteiger partial charge in [-0.25, -0.2) is 9.78 Å². The van der Waals surface area contributed by atoms with Crippen LogP contribution in [0.5, 0.6) is 11.5 Å². The normalized spacial score (nSPS) is 11.5. The summed E-state index contributed by atoms with van der Waals surface area (Å²) in [5, 5.41) is 10.2. The molecule has 0 saturated carbocycles. The molecule has 0 spiro atoms. The average Bonchev–Trinajstić information content (AvgIpc) is 2.89. The maximum Gasteiger partial charge on any atom is 0.490 e. The van der Waals surface area contributed by atoms with Crippen LogP contribution in [0.3, 0.4) is 0 Å². The SMILES string of the molecule is Nc1ccc(/C=C\c2cc(Nc3ccc(Oc4ccnc(C(F)(F)F)c4)cc3)nc(N)n2)cc1.O=C(O)C(F)(F)F. The molecule has 15 heteroatoms. The van der Waals surface area contributed by atoms with E-state index in [9.17, 15) is 26.3 Å². The Morgan fingerprint density at radius 1 is 0.854 bits per heavy atom. The fourth-order valence-corrected chi connectivity index (χ4v) is 2.94. The molecule has 41 heavy (non-hydrogen) atoms. The highest BCUT2D eigenvalue weighted by Gasteiger charge is 2.38. The Morgan fingerprint density at radius 2 is 1.49 bits per heavy atom. The number of halogens is 6. The van der Waals surface area contributed by atoms with E-state index < -0.39 is 24.0 Å². The number of alkyl halides is 6. The number of hydrogen-bond acceptors (Lipinski definition) is 8. The molecule has 214 valence electrons. The van der Waals surface area contributed by atoms with E-state index >= 15 is 0 Å². The lowest BCUT2D eigenvalue weighted by Crippen LogP contribution is -2.21. The highest BCUT2D eigenvalue weighted by atomic mass is 19.4. The van der Waals surface area contributed by atoms with Crippen LogP contribution in [0.2, 0.25) is 0 Å². The molecule has 4 rings (SSSR count). The van der Waals surface area contributed by atoms with Crippen LogP contribution in [-0.4, -0.2) is 32.2 Å². The van der Waals surface area contributed by atoms with Gasteiger partial charge in [-0.2, -0.15) is 31.3 Å². The standard InChI is InChI=1S/C24H19F3N6O.C2HF3O2/c25-24(26,27)21-14-20(11-12-30-21)34-19-9-7-17(8-10-19)31-22-13-18(32-23(29)33-22)6-3-15-1-4-16(28)5-2-15;3-2(4,5)1(6)7/h1-14H,28H2,(H3,29,31,32,33);(H,6,7)/b6-3-;. The number of aromatic nitrogens is 3. The van der Waals surface area contributed by atoms with E-state index in [0.717, 1.165) is 17.8 Å². The Hall–Kier alpha value is -5.34. The lowest BCUT2D eigenvalue weighted by atomic mass is 10.2. The lowest BCUT2D eigenvalue weighted by Gasteiger charge is -2.10. The fraction of sp³-hybridized carbons (Fsp3) is 0.0769. The number of carbonyl (C=O) groups is 1. The van der Waals surface area contributed by atoms with Crippen molar-refractivity contribution in [1.29, 1.82) is 0 Å². The van der Waals surface area contributed by atoms with Crippen molar-refractivity contribution < 1.29 is 41.0 Å². The minimum Gasteiger partial charge on any atom is -0.475 e. The zero-order chi connectivity index (χ0) is 30.2. The Kier molecular flexibility index (Phi) is 9.34. The van der Waals surface area contributed by atoms with Gasteiger partial charge in [0.2, 0.25) is 5.95 Å². The second-order valence-corrected chi connectivity index (χ2v) is 7.97. The van der Waals surface area contributed by atoms with Crippen molar-refractivity contribution in [3.8, 4) is 11.5 Å². The van der Waals surface area contributed by atoms with Gasteiger partial charge in [-0.15, -0.1) is 0 Å². The van der Waals surface area contributed by atoms with Crippen LogP contribution < -0.4 is 21.5 Å². The van der Waals surface area contributed by atoms with E-state index in [2.05, 4.69) is 20.3 Å². The van der Waals surface area contributed by atoms with Gasteiger partial charge in [0.1, 0.15) is 23.0 Å². The van der Waals surface area contributed by atoms with Gasteiger partial charge >= 0.3 is 18.3 Å². The van der Waals surface area contributed by atoms with Crippen LogP contribution in [-0.2, 0) is 11.0 Å². The second kappa shape index (κ2) is 12.7. The molecule has 0 radical (unpaired) electrons. The molecule has 6 N–H and O–H groups in total. The Balaban J connectivity index is 0.000000587. The first-order chi connectivity index (χ1) is 19.2. The van der Waals surface area contributed by atoms with E-state index in [-0.39, 0.29) is 11.7 Å². The predicted octanol–water partition coefficient (Wildman–Crippen LogP) is 6.39. The molecule has 0 aliphatic carbocycles. The van der Waals surface area contributed by atoms with Gasteiger partial charge in [0.25, 0.3) is 0 Å². The number of rotatable bonds is 6. The van der Waals surface area contributed by atoms with Crippen LogP contribution in [0, 0.1) is 0 Å². The number of carboxylic acids is 1. The van der Waals surface area contributed by atoms with Crippen LogP contribution in [0.25, 0.3) is 12.2 Å². The molecule has 0 aliphatic heterocycles. The minimum atomic E-state index is -5.08. The van der Waals surface area contributed by atoms with Gasteiger partial charge in [0, 0.05) is 29.7 Å². The summed E-state index contributed by atoms with van der Waals surface area (Å²) in [6.45, 7) is 0. The van der Waals surface area contributed by atoms with Crippen LogP contribution >= 0.6 is 0 Å². The molecule has 0 bridgehead atoms. The number of benzene rings is 2. The van der Waals surface area contributed by atoms with E-state index in [1.807, 2.05) is 18.2 Å². The molecule has 2 heterocycles. The number of ether oxygens (including phenoxy) is 1. The number of anilines is 4. The number of nitrogens with zero attached hydrogens (tertiary/aromatic N) is 3. The monoisotopic (exact) mass is 578 g/mol. The van der Waals surface area contributed by atoms with Crippen molar-refractivity contribution in [2.24, 2.45) is 0 Å². The third-order valence-electron chi connectivity index (χ3n) is 4.77. The number of nitrogens with one attached hydrogen (secondary N) is 1. The topological polar surface area (TPSA) is 149 Å². The molecular weight excluding hydrogens is 558 g/mol. The Morgan fingerprint density at radius 3 is 2.07 bits per heavy atom. The molecule has 0 unspecified atom stereocenters. The van der Waals surface area contributed by atoms with Crippen molar-refractivity contribution in [2.75, 3.05) is 16.8 Å². The van der Waals surface area contributed by atoms with E-state index in [0.29, 0.717) is 28.6 Å². The molecule has 0 saturated heterocycles. The van der Waals surface area contributed by atoms with Crippen LogP contribution in [0.15, 0.2) is 72.9 Å². The molecule has 9 nitrogen and oxygen atoms in total. The van der Waals surface area contributed by atoms with Crippen LogP contribution in [0.1, 0.15) is 17.0 Å². The first-order valence-electron chi connectivity index (χ1n) is 11.3. The molecule has 2 aromatic carbocycles. The smallest absolute Gasteiger partial charge is 0.475 e. The summed E-state index contributed by atoms with van der Waals surface area (Å²) in [7, 11) is 0. The maximum absolute atomic E-state index is 12.8. The molecule has 0 aliphatic rings. The average molecular weight is 578 g/mol. The van der Waals surface area contributed by atoms with Gasteiger partial charge < -0.3 is 26.6 Å². The summed E-state index contributed by atoms with van der Waals surface area (Å²) in [5.74, 6) is -1.79. The van der Waals surface area contributed by atoms with Crippen molar-refractivity contribution in [3.63, 3.8) is 0 Å². The van der Waals surface area contributed by atoms with Gasteiger partial charge in [0.05, 0.1) is 5.69 Å². The van der Waals surface area contributed by atoms with Crippen molar-refractivity contribution in [1.82, 2.24) is 15.0 Å². The van der Waals surface area contributed by atoms with E-state index in [1.165, 1.54) is 6.07 Å². The van der Waals surface area contributed by atoms with Gasteiger partial charge in [-0.3, -0.25) is 4.98 Å². The zero-order valence-corrected chi connectivity index (χ0v) is 20.6. The minimum absolute atomic E-state index is 0.0316. The molecule has 4 aromatic rings. The summed E-state index contributed by atoms with van der Waals surface area (Å²) in [5.41, 5.74) is 13.4. The summed E-state index contributed by atoms with van der Waals surface area (Å²) < 4.78 is 75.7. The lowest BCUT2D eigenvalue weighted by molar-refractivity contribution is -0.192. The maximum atomic E-state index is 12.8. The van der Waals surface area contributed by atoms with Crippen LogP contribution in [0.4, 0.5) is 49.5 Å². The van der Waals surface area contributed by atoms with Gasteiger partial charge in [0.15, 0.2) is 0 Å².